The molecule has 0 amide bonds. The van der Waals surface area contributed by atoms with Gasteiger partial charge in [0.15, 0.2) is 6.61 Å². The van der Waals surface area contributed by atoms with Crippen LogP contribution in [-0.2, 0) is 14.3 Å². The highest BCUT2D eigenvalue weighted by atomic mass is 32.2. The molecular weight excluding hydrogens is 388 g/mol. The number of carbonyl (C=O) groups excluding carboxylic acids is 2. The van der Waals surface area contributed by atoms with Gasteiger partial charge in [0, 0.05) is 17.5 Å². The first kappa shape index (κ1) is 18.8. The fourth-order valence-electron chi connectivity index (χ4n) is 3.08. The van der Waals surface area contributed by atoms with Crippen LogP contribution in [0.15, 0.2) is 69.6 Å². The van der Waals surface area contributed by atoms with E-state index in [4.69, 9.17) is 9.47 Å². The maximum atomic E-state index is 12.6. The highest BCUT2D eigenvalue weighted by Gasteiger charge is 2.28. The minimum absolute atomic E-state index is 0.0271. The number of hydrogen-bond acceptors (Lipinski definition) is 7. The molecule has 0 fully saturated rings. The number of ketones is 1. The van der Waals surface area contributed by atoms with Crippen LogP contribution in [0.4, 0.5) is 5.69 Å². The monoisotopic (exact) mass is 404 g/mol. The largest absolute Gasteiger partial charge is 0.488 e. The lowest BCUT2D eigenvalue weighted by Gasteiger charge is -2.17. The molecule has 0 saturated heterocycles. The van der Waals surface area contributed by atoms with E-state index in [2.05, 4.69) is 0 Å². The van der Waals surface area contributed by atoms with E-state index in [1.165, 1.54) is 11.8 Å². The fraction of sp³-hybridized carbons (Fsp3) is 0.136. The van der Waals surface area contributed by atoms with E-state index in [0.29, 0.717) is 16.4 Å². The first-order valence-electron chi connectivity index (χ1n) is 8.86. The van der Waals surface area contributed by atoms with Crippen LogP contribution in [0.3, 0.4) is 0 Å². The van der Waals surface area contributed by atoms with Crippen molar-refractivity contribution in [2.45, 2.75) is 4.90 Å². The van der Waals surface area contributed by atoms with Crippen molar-refractivity contribution in [3.8, 4) is 11.8 Å². The molecule has 2 aromatic carbocycles. The molecule has 0 radical (unpaired) electrons. The Hall–Kier alpha value is -3.50. The number of nitrogens with zero attached hydrogens (tertiary/aromatic N) is 2. The van der Waals surface area contributed by atoms with Crippen LogP contribution >= 0.6 is 11.8 Å². The van der Waals surface area contributed by atoms with Gasteiger partial charge in [-0.3, -0.25) is 4.79 Å². The number of esters is 1. The lowest BCUT2D eigenvalue weighted by atomic mass is 10.1. The van der Waals surface area contributed by atoms with Crippen LogP contribution in [0.5, 0.6) is 5.75 Å². The molecule has 0 bridgehead atoms. The van der Waals surface area contributed by atoms with Crippen LogP contribution in [0.2, 0.25) is 0 Å². The van der Waals surface area contributed by atoms with E-state index in [1.54, 1.807) is 18.0 Å². The quantitative estimate of drug-likeness (QED) is 0.438. The van der Waals surface area contributed by atoms with Crippen molar-refractivity contribution in [3.63, 3.8) is 0 Å². The predicted molar refractivity (Wildman–Crippen MR) is 109 cm³/mol. The molecule has 2 aromatic rings. The number of fused-ring (bicyclic) bond motifs is 2. The van der Waals surface area contributed by atoms with Crippen LogP contribution in [0, 0.1) is 11.3 Å². The van der Waals surface area contributed by atoms with Crippen molar-refractivity contribution in [2.24, 2.45) is 0 Å². The standard InChI is InChI=1S/C22H16N2O4S/c1-24-17-7-3-5-9-20(17)29-21(24)16(11-23)18(25)13-28-22(26)15-10-14-6-2-4-8-19(14)27-12-15/h2-10H,12-13H2,1H3/b21-16-. The average molecular weight is 404 g/mol. The van der Waals surface area contributed by atoms with E-state index >= 15 is 0 Å². The third kappa shape index (κ3) is 3.62. The maximum absolute atomic E-state index is 12.6. The molecule has 0 N–H and O–H groups in total. The Bertz CT molecular complexity index is 1110. The van der Waals surface area contributed by atoms with Crippen molar-refractivity contribution in [1.29, 1.82) is 5.26 Å². The number of hydrogen-bond donors (Lipinski definition) is 0. The summed E-state index contributed by atoms with van der Waals surface area (Å²) in [6.45, 7) is -0.431. The molecule has 0 saturated carbocycles. The molecule has 2 heterocycles. The van der Waals surface area contributed by atoms with Gasteiger partial charge in [0.1, 0.15) is 29.0 Å². The molecule has 4 rings (SSSR count). The van der Waals surface area contributed by atoms with Gasteiger partial charge in [-0.1, -0.05) is 42.1 Å². The van der Waals surface area contributed by atoms with Crippen molar-refractivity contribution >= 4 is 35.3 Å². The van der Waals surface area contributed by atoms with Crippen LogP contribution in [0.1, 0.15) is 5.56 Å². The first-order chi connectivity index (χ1) is 14.1. The number of anilines is 1. The van der Waals surface area contributed by atoms with Gasteiger partial charge in [-0.25, -0.2) is 4.79 Å². The number of benzene rings is 2. The number of thioether (sulfide) groups is 1. The van der Waals surface area contributed by atoms with Crippen molar-refractivity contribution < 1.29 is 19.1 Å². The molecule has 0 atom stereocenters. The fourth-order valence-corrected chi connectivity index (χ4v) is 4.24. The Morgan fingerprint density at radius 1 is 1.21 bits per heavy atom. The summed E-state index contributed by atoms with van der Waals surface area (Å²) < 4.78 is 10.7. The first-order valence-corrected chi connectivity index (χ1v) is 9.68. The SMILES string of the molecule is CN1/C(=C(\C#N)C(=O)COC(=O)C2=Cc3ccccc3OC2)Sc2ccccc21. The van der Waals surface area contributed by atoms with Crippen LogP contribution in [0.25, 0.3) is 6.08 Å². The normalized spacial score (nSPS) is 16.0. The Kier molecular flexibility index (Phi) is 5.10. The molecule has 144 valence electrons. The smallest absolute Gasteiger partial charge is 0.337 e. The van der Waals surface area contributed by atoms with Gasteiger partial charge in [-0.2, -0.15) is 5.26 Å². The minimum Gasteiger partial charge on any atom is -0.488 e. The molecule has 0 aromatic heterocycles. The lowest BCUT2D eigenvalue weighted by molar-refractivity contribution is -0.143. The molecule has 0 unspecified atom stereocenters. The number of Topliss-reactive ketones (excluding diaryl/α,β-unsaturated/α-hetero) is 1. The third-order valence-corrected chi connectivity index (χ3v) is 5.81. The summed E-state index contributed by atoms with van der Waals surface area (Å²) in [6, 6.07) is 16.9. The number of carbonyl (C=O) groups is 2. The van der Waals surface area contributed by atoms with Gasteiger partial charge < -0.3 is 14.4 Å². The third-order valence-electron chi connectivity index (χ3n) is 4.57. The Morgan fingerprint density at radius 2 is 1.97 bits per heavy atom. The van der Waals surface area contributed by atoms with E-state index in [1.807, 2.05) is 54.6 Å². The van der Waals surface area contributed by atoms with Gasteiger partial charge in [0.2, 0.25) is 5.78 Å². The second-order valence-corrected chi connectivity index (χ2v) is 7.45. The summed E-state index contributed by atoms with van der Waals surface area (Å²) >= 11 is 1.35. The van der Waals surface area contributed by atoms with E-state index in [0.717, 1.165) is 16.1 Å². The van der Waals surface area contributed by atoms with E-state index in [9.17, 15) is 14.9 Å². The second-order valence-electron chi connectivity index (χ2n) is 6.42. The topological polar surface area (TPSA) is 79.6 Å². The summed E-state index contributed by atoms with van der Waals surface area (Å²) in [4.78, 5) is 27.7. The molecule has 2 aliphatic rings. The van der Waals surface area contributed by atoms with Crippen LogP contribution in [-0.4, -0.2) is 32.0 Å². The summed E-state index contributed by atoms with van der Waals surface area (Å²) in [5.74, 6) is -0.482. The van der Waals surface area contributed by atoms with Gasteiger partial charge in [-0.05, 0) is 24.3 Å². The van der Waals surface area contributed by atoms with Crippen molar-refractivity contribution in [3.05, 3.63) is 70.3 Å². The maximum Gasteiger partial charge on any atom is 0.337 e. The Balaban J connectivity index is 1.47. The number of rotatable bonds is 4. The zero-order chi connectivity index (χ0) is 20.4. The highest BCUT2D eigenvalue weighted by molar-refractivity contribution is 8.03. The van der Waals surface area contributed by atoms with Gasteiger partial charge in [0.05, 0.1) is 11.3 Å². The molecule has 6 nitrogen and oxygen atoms in total. The molecule has 0 aliphatic carbocycles. The number of para-hydroxylation sites is 2. The predicted octanol–water partition coefficient (Wildman–Crippen LogP) is 3.55. The molecule has 29 heavy (non-hydrogen) atoms. The zero-order valence-electron chi connectivity index (χ0n) is 15.5. The zero-order valence-corrected chi connectivity index (χ0v) is 16.4. The molecule has 7 heteroatoms. The summed E-state index contributed by atoms with van der Waals surface area (Å²) in [7, 11) is 1.80. The molecule has 0 spiro atoms. The van der Waals surface area contributed by atoms with E-state index in [-0.39, 0.29) is 12.2 Å². The summed E-state index contributed by atoms with van der Waals surface area (Å²) in [6.07, 6.45) is 1.69. The lowest BCUT2D eigenvalue weighted by Crippen LogP contribution is -2.22. The van der Waals surface area contributed by atoms with Gasteiger partial charge >= 0.3 is 5.97 Å². The second kappa shape index (κ2) is 7.86. The minimum atomic E-state index is -0.633. The van der Waals surface area contributed by atoms with Gasteiger partial charge in [-0.15, -0.1) is 0 Å². The average Bonchev–Trinajstić information content (AvgIpc) is 3.08. The summed E-state index contributed by atoms with van der Waals surface area (Å²) in [5, 5.41) is 10.1. The molecule has 2 aliphatic heterocycles. The van der Waals surface area contributed by atoms with Crippen molar-refractivity contribution in [1.82, 2.24) is 0 Å². The van der Waals surface area contributed by atoms with E-state index < -0.39 is 18.4 Å². The Morgan fingerprint density at radius 3 is 2.76 bits per heavy atom. The highest BCUT2D eigenvalue weighted by Crippen LogP contribution is 2.46. The number of ether oxygens (including phenoxy) is 2. The van der Waals surface area contributed by atoms with Crippen LogP contribution < -0.4 is 9.64 Å². The summed E-state index contributed by atoms with van der Waals surface area (Å²) in [5.41, 5.74) is 2.00. The number of nitriles is 1. The molecular formula is C22H16N2O4S. The Labute approximate surface area is 172 Å². The van der Waals surface area contributed by atoms with Gasteiger partial charge in [0.25, 0.3) is 0 Å². The van der Waals surface area contributed by atoms with Crippen molar-refractivity contribution in [2.75, 3.05) is 25.2 Å².